The van der Waals surface area contributed by atoms with E-state index in [4.69, 9.17) is 5.26 Å². The number of carbonyl (C=O) groups excluding carboxylic acids is 1. The first-order chi connectivity index (χ1) is 11.7. The fourth-order valence-electron chi connectivity index (χ4n) is 3.22. The van der Waals surface area contributed by atoms with E-state index >= 15 is 0 Å². The van der Waals surface area contributed by atoms with Crippen LogP contribution in [0.15, 0.2) is 29.4 Å². The van der Waals surface area contributed by atoms with Gasteiger partial charge >= 0.3 is 0 Å². The van der Waals surface area contributed by atoms with Gasteiger partial charge in [-0.1, -0.05) is 23.9 Å². The predicted octanol–water partition coefficient (Wildman–Crippen LogP) is 3.44. The van der Waals surface area contributed by atoms with E-state index in [0.717, 1.165) is 35.6 Å². The second-order valence-corrected chi connectivity index (χ2v) is 7.11. The van der Waals surface area contributed by atoms with Gasteiger partial charge in [0, 0.05) is 19.1 Å². The average Bonchev–Trinajstić information content (AvgIpc) is 2.96. The zero-order valence-corrected chi connectivity index (χ0v) is 14.8. The lowest BCUT2D eigenvalue weighted by atomic mass is 10.0. The molecule has 0 N–H and O–H groups in total. The number of carbonyl (C=O) groups is 1. The topological polar surface area (TPSA) is 61.9 Å². The maximum atomic E-state index is 12.5. The van der Waals surface area contributed by atoms with E-state index in [9.17, 15) is 4.79 Å². The Morgan fingerprint density at radius 3 is 3.04 bits per heavy atom. The highest BCUT2D eigenvalue weighted by Gasteiger charge is 2.23. The number of para-hydroxylation sites is 2. The molecule has 1 atom stereocenters. The number of thioether (sulfide) groups is 1. The van der Waals surface area contributed by atoms with Crippen molar-refractivity contribution in [3.05, 3.63) is 24.3 Å². The first-order valence-electron chi connectivity index (χ1n) is 8.45. The summed E-state index contributed by atoms with van der Waals surface area (Å²) >= 11 is 1.48. The SMILES string of the molecule is C[C@@H]1CCCCN1C(=O)CSc1nc2ccccc2n1CCC#N. The third kappa shape index (κ3) is 3.57. The standard InChI is InChI=1S/C18H22N4OS/c1-14-7-4-5-11-21(14)17(23)13-24-18-20-15-8-2-3-9-16(15)22(18)12-6-10-19/h2-3,8-9,14H,4-7,11-13H2,1H3/t14-/m1/s1. The molecule has 1 saturated heterocycles. The van der Waals surface area contributed by atoms with E-state index in [0.29, 0.717) is 24.8 Å². The molecule has 6 heteroatoms. The normalized spacial score (nSPS) is 17.8. The number of fused-ring (bicyclic) bond motifs is 1. The van der Waals surface area contributed by atoms with E-state index in [1.165, 1.54) is 18.2 Å². The van der Waals surface area contributed by atoms with Gasteiger partial charge in [0.25, 0.3) is 0 Å². The number of hydrogen-bond acceptors (Lipinski definition) is 4. The van der Waals surface area contributed by atoms with Gasteiger partial charge in [-0.15, -0.1) is 0 Å². The molecule has 5 nitrogen and oxygen atoms in total. The number of benzene rings is 1. The van der Waals surface area contributed by atoms with Crippen molar-refractivity contribution >= 4 is 28.7 Å². The molecule has 1 fully saturated rings. The Kier molecular flexibility index (Phi) is 5.41. The molecule has 1 amide bonds. The third-order valence-electron chi connectivity index (χ3n) is 4.51. The Labute approximate surface area is 146 Å². The molecule has 0 aliphatic carbocycles. The van der Waals surface area contributed by atoms with Gasteiger partial charge in [0.2, 0.25) is 5.91 Å². The summed E-state index contributed by atoms with van der Waals surface area (Å²) in [5, 5.41) is 9.72. The first kappa shape index (κ1) is 16.8. The van der Waals surface area contributed by atoms with Gasteiger partial charge in [-0.3, -0.25) is 4.79 Å². The fourth-order valence-corrected chi connectivity index (χ4v) is 4.15. The second-order valence-electron chi connectivity index (χ2n) is 6.16. The number of nitrogens with zero attached hydrogens (tertiary/aromatic N) is 4. The monoisotopic (exact) mass is 342 g/mol. The first-order valence-corrected chi connectivity index (χ1v) is 9.43. The van der Waals surface area contributed by atoms with Crippen molar-refractivity contribution in [2.45, 2.75) is 50.4 Å². The zero-order valence-electron chi connectivity index (χ0n) is 13.9. The van der Waals surface area contributed by atoms with Gasteiger partial charge in [-0.2, -0.15) is 5.26 Å². The molecule has 1 aliphatic heterocycles. The van der Waals surface area contributed by atoms with E-state index in [-0.39, 0.29) is 5.91 Å². The van der Waals surface area contributed by atoms with E-state index in [1.807, 2.05) is 29.2 Å². The second kappa shape index (κ2) is 7.71. The molecule has 1 aromatic carbocycles. The Morgan fingerprint density at radius 1 is 1.42 bits per heavy atom. The molecular weight excluding hydrogens is 320 g/mol. The van der Waals surface area contributed by atoms with Gasteiger partial charge < -0.3 is 9.47 Å². The van der Waals surface area contributed by atoms with Gasteiger partial charge in [-0.25, -0.2) is 4.98 Å². The fraction of sp³-hybridized carbons (Fsp3) is 0.500. The zero-order chi connectivity index (χ0) is 16.9. The highest BCUT2D eigenvalue weighted by atomic mass is 32.2. The number of nitriles is 1. The summed E-state index contributed by atoms with van der Waals surface area (Å²) in [5.74, 6) is 0.589. The van der Waals surface area contributed by atoms with Crippen LogP contribution in [0.2, 0.25) is 0 Å². The van der Waals surface area contributed by atoms with E-state index in [2.05, 4.69) is 22.5 Å². The molecule has 24 heavy (non-hydrogen) atoms. The molecule has 0 radical (unpaired) electrons. The molecule has 126 valence electrons. The summed E-state index contributed by atoms with van der Waals surface area (Å²) in [7, 11) is 0. The van der Waals surface area contributed by atoms with Crippen molar-refractivity contribution in [2.24, 2.45) is 0 Å². The van der Waals surface area contributed by atoms with Gasteiger partial charge in [0.15, 0.2) is 5.16 Å². The van der Waals surface area contributed by atoms with Crippen molar-refractivity contribution in [1.29, 1.82) is 5.26 Å². The number of rotatable bonds is 5. The summed E-state index contributed by atoms with van der Waals surface area (Å²) in [5.41, 5.74) is 1.94. The molecular formula is C18H22N4OS. The molecule has 2 aromatic rings. The minimum Gasteiger partial charge on any atom is -0.339 e. The predicted molar refractivity (Wildman–Crippen MR) is 95.7 cm³/mol. The highest BCUT2D eigenvalue weighted by molar-refractivity contribution is 7.99. The number of piperidine rings is 1. The molecule has 0 spiro atoms. The van der Waals surface area contributed by atoms with Crippen LogP contribution in [0.3, 0.4) is 0 Å². The summed E-state index contributed by atoms with van der Waals surface area (Å²) in [6.07, 6.45) is 3.84. The third-order valence-corrected chi connectivity index (χ3v) is 5.48. The van der Waals surface area contributed by atoms with Crippen LogP contribution in [0, 0.1) is 11.3 Å². The summed E-state index contributed by atoms with van der Waals surface area (Å²) < 4.78 is 2.05. The minimum atomic E-state index is 0.186. The van der Waals surface area contributed by atoms with Crippen LogP contribution >= 0.6 is 11.8 Å². The van der Waals surface area contributed by atoms with Crippen LogP contribution in [-0.2, 0) is 11.3 Å². The molecule has 1 aromatic heterocycles. The van der Waals surface area contributed by atoms with Gasteiger partial charge in [0.1, 0.15) is 0 Å². The van der Waals surface area contributed by atoms with Crippen molar-refractivity contribution in [3.8, 4) is 6.07 Å². The van der Waals surface area contributed by atoms with Crippen LogP contribution in [0.25, 0.3) is 11.0 Å². The van der Waals surface area contributed by atoms with Crippen LogP contribution in [0.4, 0.5) is 0 Å². The lowest BCUT2D eigenvalue weighted by Gasteiger charge is -2.33. The number of imidazole rings is 1. The summed E-state index contributed by atoms with van der Waals surface area (Å²) in [6, 6.07) is 10.4. The highest BCUT2D eigenvalue weighted by Crippen LogP contribution is 2.26. The van der Waals surface area contributed by atoms with Crippen LogP contribution in [0.5, 0.6) is 0 Å². The van der Waals surface area contributed by atoms with Gasteiger partial charge in [-0.05, 0) is 38.3 Å². The van der Waals surface area contributed by atoms with Crippen LogP contribution in [-0.4, -0.2) is 38.7 Å². The minimum absolute atomic E-state index is 0.186. The summed E-state index contributed by atoms with van der Waals surface area (Å²) in [4.78, 5) is 19.2. The Hall–Kier alpha value is -2.00. The summed E-state index contributed by atoms with van der Waals surface area (Å²) in [6.45, 7) is 3.60. The molecule has 0 unspecified atom stereocenters. The lowest BCUT2D eigenvalue weighted by molar-refractivity contribution is -0.131. The quantitative estimate of drug-likeness (QED) is 0.781. The van der Waals surface area contributed by atoms with Crippen LogP contribution < -0.4 is 0 Å². The van der Waals surface area contributed by atoms with Crippen molar-refractivity contribution in [3.63, 3.8) is 0 Å². The molecule has 3 rings (SSSR count). The Morgan fingerprint density at radius 2 is 2.25 bits per heavy atom. The number of likely N-dealkylation sites (tertiary alicyclic amines) is 1. The smallest absolute Gasteiger partial charge is 0.233 e. The van der Waals surface area contributed by atoms with Gasteiger partial charge in [0.05, 0.1) is 29.3 Å². The molecule has 0 bridgehead atoms. The van der Waals surface area contributed by atoms with Crippen molar-refractivity contribution in [1.82, 2.24) is 14.5 Å². The lowest BCUT2D eigenvalue weighted by Crippen LogP contribution is -2.42. The average molecular weight is 342 g/mol. The molecule has 2 heterocycles. The largest absolute Gasteiger partial charge is 0.339 e. The number of aryl methyl sites for hydroxylation is 1. The van der Waals surface area contributed by atoms with Crippen molar-refractivity contribution in [2.75, 3.05) is 12.3 Å². The maximum Gasteiger partial charge on any atom is 0.233 e. The number of hydrogen-bond donors (Lipinski definition) is 0. The number of aromatic nitrogens is 2. The molecule has 0 saturated carbocycles. The maximum absolute atomic E-state index is 12.5. The molecule has 1 aliphatic rings. The van der Waals surface area contributed by atoms with Crippen molar-refractivity contribution < 1.29 is 4.79 Å². The van der Waals surface area contributed by atoms with E-state index < -0.39 is 0 Å². The Bertz CT molecular complexity index is 764. The van der Waals surface area contributed by atoms with Crippen LogP contribution in [0.1, 0.15) is 32.6 Å². The van der Waals surface area contributed by atoms with E-state index in [1.54, 1.807) is 0 Å². The Balaban J connectivity index is 1.74. The number of amides is 1.